The maximum Gasteiger partial charge on any atom is 0.239 e. The van der Waals surface area contributed by atoms with E-state index in [9.17, 15) is 4.79 Å². The number of ether oxygens (including phenoxy) is 1. The lowest BCUT2D eigenvalue weighted by molar-refractivity contribution is -0.115. The number of carbonyl (C=O) groups excluding carboxylic acids is 1. The van der Waals surface area contributed by atoms with Gasteiger partial charge < -0.3 is 4.74 Å². The Morgan fingerprint density at radius 2 is 1.92 bits per heavy atom. The lowest BCUT2D eigenvalue weighted by Crippen LogP contribution is -2.22. The molecule has 1 amide bonds. The van der Waals surface area contributed by atoms with Gasteiger partial charge in [-0.15, -0.1) is 22.0 Å². The fourth-order valence-corrected chi connectivity index (χ4v) is 4.09. The molecular weight excluding hydrogens is 342 g/mol. The van der Waals surface area contributed by atoms with Crippen molar-refractivity contribution in [1.29, 1.82) is 0 Å². The second kappa shape index (κ2) is 9.03. The number of thioether (sulfide) groups is 1. The molecule has 130 valence electrons. The van der Waals surface area contributed by atoms with Gasteiger partial charge in [-0.1, -0.05) is 25.2 Å². The Morgan fingerprint density at radius 3 is 2.50 bits per heavy atom. The van der Waals surface area contributed by atoms with Crippen LogP contribution in [-0.4, -0.2) is 28.5 Å². The average molecular weight is 366 g/mol. The van der Waals surface area contributed by atoms with Gasteiger partial charge in [0.25, 0.3) is 0 Å². The van der Waals surface area contributed by atoms with Gasteiger partial charge in [0.1, 0.15) is 10.8 Å². The third kappa shape index (κ3) is 4.95. The number of amides is 1. The van der Waals surface area contributed by atoms with E-state index in [1.165, 1.54) is 23.1 Å². The average Bonchev–Trinajstić information content (AvgIpc) is 3.05. The Bertz CT molecular complexity index is 654. The summed E-state index contributed by atoms with van der Waals surface area (Å²) in [5.74, 6) is 1.15. The Morgan fingerprint density at radius 1 is 1.25 bits per heavy atom. The minimum Gasteiger partial charge on any atom is -0.497 e. The molecule has 1 unspecified atom stereocenters. The number of rotatable bonds is 8. The number of aromatic nitrogens is 2. The maximum atomic E-state index is 12.3. The molecule has 0 saturated heterocycles. The van der Waals surface area contributed by atoms with Crippen molar-refractivity contribution in [1.82, 2.24) is 10.2 Å². The van der Waals surface area contributed by atoms with Crippen molar-refractivity contribution < 1.29 is 9.53 Å². The molecule has 0 aliphatic heterocycles. The van der Waals surface area contributed by atoms with Crippen LogP contribution in [0, 0.1) is 0 Å². The molecule has 1 N–H and O–H groups in total. The molecule has 0 bridgehead atoms. The topological polar surface area (TPSA) is 64.1 Å². The van der Waals surface area contributed by atoms with E-state index in [1.54, 1.807) is 7.11 Å². The molecular formula is C17H23N3O2S2. The molecule has 0 saturated carbocycles. The number of benzene rings is 1. The van der Waals surface area contributed by atoms with E-state index in [2.05, 4.69) is 29.4 Å². The number of nitrogens with zero attached hydrogens (tertiary/aromatic N) is 2. The molecule has 1 aromatic carbocycles. The zero-order chi connectivity index (χ0) is 17.5. The molecule has 5 nitrogen and oxygen atoms in total. The van der Waals surface area contributed by atoms with Gasteiger partial charge in [-0.2, -0.15) is 0 Å². The second-order valence-electron chi connectivity index (χ2n) is 5.38. The molecule has 0 spiro atoms. The van der Waals surface area contributed by atoms with E-state index in [-0.39, 0.29) is 11.2 Å². The standard InChI is InChI=1S/C17H23N3O2S2/c1-5-12(6-2)16-19-20-17(24-16)18-15(21)11(3)23-14-9-7-13(22-4)8-10-14/h7-12H,5-6H2,1-4H3,(H,18,20,21). The Balaban J connectivity index is 1.93. The van der Waals surface area contributed by atoms with Crippen LogP contribution in [-0.2, 0) is 4.79 Å². The first-order valence-electron chi connectivity index (χ1n) is 8.02. The van der Waals surface area contributed by atoms with Crippen molar-refractivity contribution in [3.63, 3.8) is 0 Å². The quantitative estimate of drug-likeness (QED) is 0.694. The Kier molecular flexibility index (Phi) is 7.05. The van der Waals surface area contributed by atoms with Crippen molar-refractivity contribution in [2.24, 2.45) is 0 Å². The summed E-state index contributed by atoms with van der Waals surface area (Å²) in [6, 6.07) is 7.67. The first-order chi connectivity index (χ1) is 11.6. The van der Waals surface area contributed by atoms with Gasteiger partial charge in [0.05, 0.1) is 12.4 Å². The van der Waals surface area contributed by atoms with Gasteiger partial charge >= 0.3 is 0 Å². The number of carbonyl (C=O) groups is 1. The third-order valence-corrected chi connectivity index (χ3v) is 5.86. The molecule has 24 heavy (non-hydrogen) atoms. The van der Waals surface area contributed by atoms with Crippen LogP contribution in [0.4, 0.5) is 5.13 Å². The highest BCUT2D eigenvalue weighted by atomic mass is 32.2. The zero-order valence-corrected chi connectivity index (χ0v) is 16.0. The number of nitrogens with one attached hydrogen (secondary N) is 1. The van der Waals surface area contributed by atoms with Crippen LogP contribution in [0.25, 0.3) is 0 Å². The predicted molar refractivity (Wildman–Crippen MR) is 100 cm³/mol. The molecule has 0 aliphatic carbocycles. The van der Waals surface area contributed by atoms with Gasteiger partial charge in [0.2, 0.25) is 11.0 Å². The van der Waals surface area contributed by atoms with Gasteiger partial charge in [0, 0.05) is 10.8 Å². The lowest BCUT2D eigenvalue weighted by atomic mass is 10.1. The molecule has 2 rings (SSSR count). The van der Waals surface area contributed by atoms with Crippen LogP contribution in [0.5, 0.6) is 5.75 Å². The molecule has 1 atom stereocenters. The summed E-state index contributed by atoms with van der Waals surface area (Å²) in [6.07, 6.45) is 2.06. The van der Waals surface area contributed by atoms with E-state index in [0.29, 0.717) is 11.0 Å². The van der Waals surface area contributed by atoms with Crippen molar-refractivity contribution in [2.75, 3.05) is 12.4 Å². The van der Waals surface area contributed by atoms with Crippen molar-refractivity contribution >= 4 is 34.1 Å². The van der Waals surface area contributed by atoms with Crippen LogP contribution < -0.4 is 10.1 Å². The molecule has 2 aromatic rings. The molecule has 0 aliphatic rings. The molecule has 0 radical (unpaired) electrons. The van der Waals surface area contributed by atoms with Gasteiger partial charge in [-0.25, -0.2) is 0 Å². The summed E-state index contributed by atoms with van der Waals surface area (Å²) in [5.41, 5.74) is 0. The van der Waals surface area contributed by atoms with Crippen molar-refractivity contribution in [3.8, 4) is 5.75 Å². The predicted octanol–water partition coefficient (Wildman–Crippen LogP) is 4.57. The van der Waals surface area contributed by atoms with Crippen LogP contribution >= 0.6 is 23.1 Å². The highest BCUT2D eigenvalue weighted by Gasteiger charge is 2.18. The molecule has 1 aromatic heterocycles. The summed E-state index contributed by atoms with van der Waals surface area (Å²) in [7, 11) is 1.64. The summed E-state index contributed by atoms with van der Waals surface area (Å²) >= 11 is 2.97. The zero-order valence-electron chi connectivity index (χ0n) is 14.4. The smallest absolute Gasteiger partial charge is 0.239 e. The summed E-state index contributed by atoms with van der Waals surface area (Å²) in [6.45, 7) is 6.16. The van der Waals surface area contributed by atoms with Crippen LogP contribution in [0.3, 0.4) is 0 Å². The Labute approximate surface area is 151 Å². The number of anilines is 1. The first kappa shape index (κ1) is 18.7. The van der Waals surface area contributed by atoms with Gasteiger partial charge in [-0.3, -0.25) is 10.1 Å². The fourth-order valence-electron chi connectivity index (χ4n) is 2.21. The van der Waals surface area contributed by atoms with Crippen molar-refractivity contribution in [2.45, 2.75) is 49.7 Å². The second-order valence-corrected chi connectivity index (χ2v) is 7.81. The normalized spacial score (nSPS) is 12.2. The minimum absolute atomic E-state index is 0.0666. The van der Waals surface area contributed by atoms with Crippen LogP contribution in [0.2, 0.25) is 0 Å². The Hall–Kier alpha value is -1.60. The molecule has 1 heterocycles. The first-order valence-corrected chi connectivity index (χ1v) is 9.71. The lowest BCUT2D eigenvalue weighted by Gasteiger charge is -2.10. The van der Waals surface area contributed by atoms with Crippen LogP contribution in [0.1, 0.15) is 44.5 Å². The monoisotopic (exact) mass is 365 g/mol. The SMILES string of the molecule is CCC(CC)c1nnc(NC(=O)C(C)Sc2ccc(OC)cc2)s1. The number of hydrogen-bond acceptors (Lipinski definition) is 6. The van der Waals surface area contributed by atoms with E-state index < -0.39 is 0 Å². The maximum absolute atomic E-state index is 12.3. The van der Waals surface area contributed by atoms with E-state index in [1.807, 2.05) is 31.2 Å². The van der Waals surface area contributed by atoms with Gasteiger partial charge in [0.15, 0.2) is 0 Å². The minimum atomic E-state index is -0.223. The van der Waals surface area contributed by atoms with E-state index in [0.717, 1.165) is 28.5 Å². The van der Waals surface area contributed by atoms with E-state index >= 15 is 0 Å². The third-order valence-electron chi connectivity index (χ3n) is 3.75. The summed E-state index contributed by atoms with van der Waals surface area (Å²) < 4.78 is 5.14. The molecule has 7 heteroatoms. The van der Waals surface area contributed by atoms with Crippen molar-refractivity contribution in [3.05, 3.63) is 29.3 Å². The highest BCUT2D eigenvalue weighted by molar-refractivity contribution is 8.00. The van der Waals surface area contributed by atoms with E-state index in [4.69, 9.17) is 4.74 Å². The highest BCUT2D eigenvalue weighted by Crippen LogP contribution is 2.29. The molecule has 0 fully saturated rings. The van der Waals surface area contributed by atoms with Gasteiger partial charge in [-0.05, 0) is 44.0 Å². The number of methoxy groups -OCH3 is 1. The fraction of sp³-hybridized carbons (Fsp3) is 0.471. The number of hydrogen-bond donors (Lipinski definition) is 1. The summed E-state index contributed by atoms with van der Waals surface area (Å²) in [5, 5.41) is 12.5. The summed E-state index contributed by atoms with van der Waals surface area (Å²) in [4.78, 5) is 13.4. The van der Waals surface area contributed by atoms with Crippen LogP contribution in [0.15, 0.2) is 29.2 Å². The largest absolute Gasteiger partial charge is 0.497 e.